The Kier molecular flexibility index (Phi) is 4.82. The van der Waals surface area contributed by atoms with Gasteiger partial charge in [-0.1, -0.05) is 30.3 Å². The van der Waals surface area contributed by atoms with Crippen LogP contribution >= 0.6 is 11.3 Å². The van der Waals surface area contributed by atoms with Crippen molar-refractivity contribution in [2.24, 2.45) is 0 Å². The van der Waals surface area contributed by atoms with E-state index in [4.69, 9.17) is 0 Å². The van der Waals surface area contributed by atoms with Gasteiger partial charge in [0.2, 0.25) is 5.91 Å². The lowest BCUT2D eigenvalue weighted by Crippen LogP contribution is -2.07. The van der Waals surface area contributed by atoms with Gasteiger partial charge < -0.3 is 0 Å². The number of carbonyl (C=O) groups excluding carboxylic acids is 1. The Labute approximate surface area is 143 Å². The molecule has 0 saturated heterocycles. The van der Waals surface area contributed by atoms with E-state index in [1.54, 1.807) is 18.2 Å². The second kappa shape index (κ2) is 7.19. The van der Waals surface area contributed by atoms with Crippen LogP contribution in [0, 0.1) is 12.7 Å². The van der Waals surface area contributed by atoms with Gasteiger partial charge in [-0.25, -0.2) is 9.37 Å². The molecule has 3 aromatic rings. The summed E-state index contributed by atoms with van der Waals surface area (Å²) in [6.45, 7) is 1.92. The maximum Gasteiger partial charge on any atom is 0.250 e. The predicted molar refractivity (Wildman–Crippen MR) is 96.4 cm³/mol. The first-order chi connectivity index (χ1) is 11.6. The summed E-state index contributed by atoms with van der Waals surface area (Å²) in [4.78, 5) is 17.4. The van der Waals surface area contributed by atoms with Crippen LogP contribution in [0.3, 0.4) is 0 Å². The third-order valence-corrected chi connectivity index (χ3v) is 4.26. The molecule has 0 spiro atoms. The molecule has 0 atom stereocenters. The van der Waals surface area contributed by atoms with E-state index < -0.39 is 0 Å². The van der Waals surface area contributed by atoms with Crippen LogP contribution in [0.4, 0.5) is 9.52 Å². The summed E-state index contributed by atoms with van der Waals surface area (Å²) in [6.07, 6.45) is 3.22. The minimum atomic E-state index is -0.286. The molecule has 0 aliphatic carbocycles. The summed E-state index contributed by atoms with van der Waals surface area (Å²) < 4.78 is 13.0. The van der Waals surface area contributed by atoms with Crippen LogP contribution in [-0.4, -0.2) is 10.9 Å². The molecule has 0 aliphatic heterocycles. The summed E-state index contributed by atoms with van der Waals surface area (Å²) >= 11 is 1.39. The zero-order valence-electron chi connectivity index (χ0n) is 13.0. The third-order valence-electron chi connectivity index (χ3n) is 3.37. The van der Waals surface area contributed by atoms with Gasteiger partial charge in [0.05, 0.1) is 5.69 Å². The molecule has 3 rings (SSSR count). The molecular formula is C19H15FN2OS. The molecule has 1 amide bonds. The van der Waals surface area contributed by atoms with E-state index in [0.29, 0.717) is 5.13 Å². The molecule has 1 aromatic heterocycles. The second-order valence-corrected chi connectivity index (χ2v) is 6.37. The van der Waals surface area contributed by atoms with Crippen molar-refractivity contribution < 1.29 is 9.18 Å². The molecule has 24 heavy (non-hydrogen) atoms. The van der Waals surface area contributed by atoms with Crippen molar-refractivity contribution in [2.45, 2.75) is 6.92 Å². The number of hydrogen-bond donors (Lipinski definition) is 1. The van der Waals surface area contributed by atoms with Gasteiger partial charge in [0.15, 0.2) is 5.13 Å². The highest BCUT2D eigenvalue weighted by molar-refractivity contribution is 7.16. The Morgan fingerprint density at radius 1 is 1.12 bits per heavy atom. The number of amides is 1. The molecule has 1 heterocycles. The van der Waals surface area contributed by atoms with Gasteiger partial charge in [0, 0.05) is 16.5 Å². The van der Waals surface area contributed by atoms with Gasteiger partial charge in [-0.15, -0.1) is 11.3 Å². The minimum Gasteiger partial charge on any atom is -0.298 e. The topological polar surface area (TPSA) is 42.0 Å². The van der Waals surface area contributed by atoms with Crippen LogP contribution in [0.2, 0.25) is 0 Å². The molecular weight excluding hydrogens is 323 g/mol. The van der Waals surface area contributed by atoms with E-state index >= 15 is 0 Å². The lowest BCUT2D eigenvalue weighted by Gasteiger charge is -1.98. The second-order valence-electron chi connectivity index (χ2n) is 5.16. The Hall–Kier alpha value is -2.79. The fraction of sp³-hybridized carbons (Fsp3) is 0.0526. The molecule has 2 aromatic carbocycles. The maximum atomic E-state index is 13.0. The van der Waals surface area contributed by atoms with Gasteiger partial charge in [0.1, 0.15) is 5.82 Å². The predicted octanol–water partition coefficient (Wildman–Crippen LogP) is 4.91. The molecule has 0 radical (unpaired) electrons. The normalized spacial score (nSPS) is 10.9. The number of nitrogens with one attached hydrogen (secondary N) is 1. The van der Waals surface area contributed by atoms with E-state index in [9.17, 15) is 9.18 Å². The van der Waals surface area contributed by atoms with Gasteiger partial charge in [0.25, 0.3) is 0 Å². The van der Waals surface area contributed by atoms with E-state index in [0.717, 1.165) is 21.7 Å². The van der Waals surface area contributed by atoms with E-state index in [1.807, 2.05) is 37.3 Å². The lowest BCUT2D eigenvalue weighted by molar-refractivity contribution is -0.111. The smallest absolute Gasteiger partial charge is 0.250 e. The SMILES string of the molecule is Cc1sc(NC(=O)/C=C/c2ccccc2)nc1-c1ccc(F)cc1. The number of anilines is 1. The summed E-state index contributed by atoms with van der Waals surface area (Å²) in [5.74, 6) is -0.524. The first kappa shape index (κ1) is 16.1. The van der Waals surface area contributed by atoms with Crippen molar-refractivity contribution in [1.29, 1.82) is 0 Å². The highest BCUT2D eigenvalue weighted by atomic mass is 32.1. The van der Waals surface area contributed by atoms with Gasteiger partial charge in [-0.2, -0.15) is 0 Å². The number of hydrogen-bond acceptors (Lipinski definition) is 3. The van der Waals surface area contributed by atoms with E-state index in [1.165, 1.54) is 29.5 Å². The number of benzene rings is 2. The lowest BCUT2D eigenvalue weighted by atomic mass is 10.1. The molecule has 0 unspecified atom stereocenters. The van der Waals surface area contributed by atoms with Crippen molar-refractivity contribution in [3.05, 3.63) is 76.9 Å². The first-order valence-electron chi connectivity index (χ1n) is 7.39. The third kappa shape index (κ3) is 3.94. The number of thiazole rings is 1. The zero-order valence-corrected chi connectivity index (χ0v) is 13.8. The van der Waals surface area contributed by atoms with Crippen LogP contribution in [0.1, 0.15) is 10.4 Å². The molecule has 0 bridgehead atoms. The highest BCUT2D eigenvalue weighted by Gasteiger charge is 2.11. The van der Waals surface area contributed by atoms with Crippen molar-refractivity contribution in [2.75, 3.05) is 5.32 Å². The van der Waals surface area contributed by atoms with Gasteiger partial charge >= 0.3 is 0 Å². The van der Waals surface area contributed by atoms with E-state index in [2.05, 4.69) is 10.3 Å². The minimum absolute atomic E-state index is 0.238. The number of carbonyl (C=O) groups is 1. The number of nitrogens with zero attached hydrogens (tertiary/aromatic N) is 1. The summed E-state index contributed by atoms with van der Waals surface area (Å²) in [5, 5.41) is 3.28. The summed E-state index contributed by atoms with van der Waals surface area (Å²) in [6, 6.07) is 15.7. The molecule has 120 valence electrons. The Balaban J connectivity index is 1.72. The standard InChI is InChI=1S/C19H15FN2OS/c1-13-18(15-8-10-16(20)11-9-15)22-19(24-13)21-17(23)12-7-14-5-3-2-4-6-14/h2-12H,1H3,(H,21,22,23)/b12-7+. The molecule has 0 saturated carbocycles. The molecule has 3 nitrogen and oxygen atoms in total. The molecule has 0 fully saturated rings. The Morgan fingerprint density at radius 3 is 2.54 bits per heavy atom. The number of aryl methyl sites for hydroxylation is 1. The largest absolute Gasteiger partial charge is 0.298 e. The number of rotatable bonds is 4. The van der Waals surface area contributed by atoms with Crippen molar-refractivity contribution in [3.8, 4) is 11.3 Å². The molecule has 5 heteroatoms. The monoisotopic (exact) mass is 338 g/mol. The van der Waals surface area contributed by atoms with Crippen molar-refractivity contribution >= 4 is 28.5 Å². The van der Waals surface area contributed by atoms with Crippen LogP contribution in [-0.2, 0) is 4.79 Å². The average Bonchev–Trinajstić information content (AvgIpc) is 2.95. The Bertz CT molecular complexity index is 870. The fourth-order valence-corrected chi connectivity index (χ4v) is 3.05. The Morgan fingerprint density at radius 2 is 1.83 bits per heavy atom. The quantitative estimate of drug-likeness (QED) is 0.687. The summed E-state index contributed by atoms with van der Waals surface area (Å²) in [7, 11) is 0. The van der Waals surface area contributed by atoms with E-state index in [-0.39, 0.29) is 11.7 Å². The van der Waals surface area contributed by atoms with Gasteiger partial charge in [-0.05, 0) is 42.8 Å². The van der Waals surface area contributed by atoms with Gasteiger partial charge in [-0.3, -0.25) is 10.1 Å². The van der Waals surface area contributed by atoms with Crippen molar-refractivity contribution in [3.63, 3.8) is 0 Å². The number of aromatic nitrogens is 1. The highest BCUT2D eigenvalue weighted by Crippen LogP contribution is 2.30. The average molecular weight is 338 g/mol. The molecule has 1 N–H and O–H groups in total. The summed E-state index contributed by atoms with van der Waals surface area (Å²) in [5.41, 5.74) is 2.53. The van der Waals surface area contributed by atoms with Crippen LogP contribution in [0.25, 0.3) is 17.3 Å². The van der Waals surface area contributed by atoms with Crippen LogP contribution in [0.5, 0.6) is 0 Å². The first-order valence-corrected chi connectivity index (χ1v) is 8.21. The van der Waals surface area contributed by atoms with Crippen LogP contribution in [0.15, 0.2) is 60.7 Å². The zero-order chi connectivity index (χ0) is 16.9. The molecule has 0 aliphatic rings. The fourth-order valence-electron chi connectivity index (χ4n) is 2.21. The number of halogens is 1. The van der Waals surface area contributed by atoms with Crippen molar-refractivity contribution in [1.82, 2.24) is 4.98 Å². The maximum absolute atomic E-state index is 13.0. The van der Waals surface area contributed by atoms with Crippen LogP contribution < -0.4 is 5.32 Å².